The standard InChI is InChI=1S/C13H24ClN5O2S/c1-4-18-5-7-19(8-6-18)11(2)9-16-22(20,21)13-12(14)17(3)10-15-13/h10-11,16H,4-9H2,1-3H3. The number of nitrogens with one attached hydrogen (secondary N) is 1. The number of halogens is 1. The van der Waals surface area contributed by atoms with Gasteiger partial charge in [0.25, 0.3) is 10.0 Å². The highest BCUT2D eigenvalue weighted by Gasteiger charge is 2.25. The second kappa shape index (κ2) is 7.27. The summed E-state index contributed by atoms with van der Waals surface area (Å²) < 4.78 is 28.6. The SMILES string of the molecule is CCN1CCN(C(C)CNS(=O)(=O)c2ncn(C)c2Cl)CC1. The molecule has 1 aromatic rings. The Morgan fingerprint density at radius 2 is 2.00 bits per heavy atom. The number of nitrogens with zero attached hydrogens (tertiary/aromatic N) is 4. The highest BCUT2D eigenvalue weighted by atomic mass is 35.5. The molecule has 0 bridgehead atoms. The molecule has 2 rings (SSSR count). The van der Waals surface area contributed by atoms with E-state index in [1.165, 1.54) is 10.9 Å². The Kier molecular flexibility index (Phi) is 5.84. The summed E-state index contributed by atoms with van der Waals surface area (Å²) in [6.45, 7) is 9.57. The topological polar surface area (TPSA) is 70.5 Å². The molecule has 0 aromatic carbocycles. The van der Waals surface area contributed by atoms with E-state index in [1.54, 1.807) is 7.05 Å². The van der Waals surface area contributed by atoms with Crippen LogP contribution in [0.1, 0.15) is 13.8 Å². The van der Waals surface area contributed by atoms with Crippen LogP contribution in [0.4, 0.5) is 0 Å². The van der Waals surface area contributed by atoms with E-state index < -0.39 is 10.0 Å². The van der Waals surface area contributed by atoms with Crippen molar-refractivity contribution in [3.63, 3.8) is 0 Å². The molecular formula is C13H24ClN5O2S. The molecule has 2 heterocycles. The molecular weight excluding hydrogens is 326 g/mol. The second-order valence-corrected chi connectivity index (χ2v) is 7.66. The molecule has 1 saturated heterocycles. The fourth-order valence-corrected chi connectivity index (χ4v) is 4.07. The largest absolute Gasteiger partial charge is 0.324 e. The van der Waals surface area contributed by atoms with Crippen molar-refractivity contribution in [1.29, 1.82) is 0 Å². The van der Waals surface area contributed by atoms with Crippen LogP contribution < -0.4 is 4.72 Å². The van der Waals surface area contributed by atoms with Gasteiger partial charge in [0.05, 0.1) is 6.33 Å². The number of hydrogen-bond donors (Lipinski definition) is 1. The van der Waals surface area contributed by atoms with Crippen LogP contribution in [0.3, 0.4) is 0 Å². The molecule has 0 saturated carbocycles. The first-order valence-corrected chi connectivity index (χ1v) is 9.34. The van der Waals surface area contributed by atoms with Crippen LogP contribution >= 0.6 is 11.6 Å². The third-order valence-electron chi connectivity index (χ3n) is 4.14. The summed E-state index contributed by atoms with van der Waals surface area (Å²) in [4.78, 5) is 8.55. The van der Waals surface area contributed by atoms with Crippen molar-refractivity contribution in [1.82, 2.24) is 24.1 Å². The van der Waals surface area contributed by atoms with E-state index in [2.05, 4.69) is 26.4 Å². The van der Waals surface area contributed by atoms with Crippen molar-refractivity contribution >= 4 is 21.6 Å². The van der Waals surface area contributed by atoms with E-state index in [1.807, 2.05) is 6.92 Å². The van der Waals surface area contributed by atoms with E-state index in [0.717, 1.165) is 32.7 Å². The third kappa shape index (κ3) is 3.99. The number of aryl methyl sites for hydroxylation is 1. The average Bonchev–Trinajstić information content (AvgIpc) is 2.85. The molecule has 126 valence electrons. The number of hydrogen-bond acceptors (Lipinski definition) is 5. The lowest BCUT2D eigenvalue weighted by Gasteiger charge is -2.37. The van der Waals surface area contributed by atoms with E-state index in [9.17, 15) is 8.42 Å². The normalized spacial score (nSPS) is 19.5. The van der Waals surface area contributed by atoms with Gasteiger partial charge < -0.3 is 9.47 Å². The van der Waals surface area contributed by atoms with E-state index in [4.69, 9.17) is 11.6 Å². The maximum atomic E-state index is 12.3. The summed E-state index contributed by atoms with van der Waals surface area (Å²) in [6, 6.07) is 0.135. The van der Waals surface area contributed by atoms with Gasteiger partial charge >= 0.3 is 0 Å². The summed E-state index contributed by atoms with van der Waals surface area (Å²) in [6.07, 6.45) is 1.39. The minimum absolute atomic E-state index is 0.111. The van der Waals surface area contributed by atoms with Crippen molar-refractivity contribution < 1.29 is 8.42 Å². The highest BCUT2D eigenvalue weighted by molar-refractivity contribution is 7.89. The predicted octanol–water partition coefficient (Wildman–Crippen LogP) is 0.378. The molecule has 0 aliphatic carbocycles. The molecule has 1 aliphatic rings. The highest BCUT2D eigenvalue weighted by Crippen LogP contribution is 2.18. The Morgan fingerprint density at radius 3 is 2.50 bits per heavy atom. The van der Waals surface area contributed by atoms with Crippen LogP contribution in [0.2, 0.25) is 5.15 Å². The molecule has 1 N–H and O–H groups in total. The Morgan fingerprint density at radius 1 is 1.36 bits per heavy atom. The lowest BCUT2D eigenvalue weighted by atomic mass is 10.2. The number of piperazine rings is 1. The van der Waals surface area contributed by atoms with Gasteiger partial charge in [0, 0.05) is 45.8 Å². The molecule has 1 unspecified atom stereocenters. The first-order valence-electron chi connectivity index (χ1n) is 7.48. The summed E-state index contributed by atoms with van der Waals surface area (Å²) in [5.41, 5.74) is 0. The average molecular weight is 350 g/mol. The van der Waals surface area contributed by atoms with Gasteiger partial charge in [-0.15, -0.1) is 0 Å². The number of sulfonamides is 1. The molecule has 1 fully saturated rings. The number of aromatic nitrogens is 2. The van der Waals surface area contributed by atoms with Gasteiger partial charge in [-0.25, -0.2) is 18.1 Å². The zero-order chi connectivity index (χ0) is 16.3. The third-order valence-corrected chi connectivity index (χ3v) is 6.05. The fourth-order valence-electron chi connectivity index (χ4n) is 2.52. The van der Waals surface area contributed by atoms with Crippen molar-refractivity contribution in [3.8, 4) is 0 Å². The van der Waals surface area contributed by atoms with Crippen LogP contribution in [0.5, 0.6) is 0 Å². The van der Waals surface area contributed by atoms with Crippen molar-refractivity contribution in [2.45, 2.75) is 24.9 Å². The maximum Gasteiger partial charge on any atom is 0.261 e. The fraction of sp³-hybridized carbons (Fsp3) is 0.769. The molecule has 0 spiro atoms. The molecule has 1 aliphatic heterocycles. The van der Waals surface area contributed by atoms with Gasteiger partial charge in [0.15, 0.2) is 0 Å². The molecule has 7 nitrogen and oxygen atoms in total. The maximum absolute atomic E-state index is 12.3. The molecule has 9 heteroatoms. The minimum Gasteiger partial charge on any atom is -0.324 e. The van der Waals surface area contributed by atoms with Crippen LogP contribution in [-0.4, -0.2) is 73.1 Å². The zero-order valence-electron chi connectivity index (χ0n) is 13.3. The summed E-state index contributed by atoms with van der Waals surface area (Å²) in [7, 11) is -2.01. The van der Waals surface area contributed by atoms with Crippen LogP contribution in [0.25, 0.3) is 0 Å². The zero-order valence-corrected chi connectivity index (χ0v) is 14.9. The van der Waals surface area contributed by atoms with Crippen LogP contribution in [0, 0.1) is 0 Å². The van der Waals surface area contributed by atoms with Crippen molar-refractivity contribution in [2.24, 2.45) is 7.05 Å². The Balaban J connectivity index is 1.91. The Bertz CT molecular complexity index is 596. The number of likely N-dealkylation sites (N-methyl/N-ethyl adjacent to an activating group) is 1. The lowest BCUT2D eigenvalue weighted by Crippen LogP contribution is -2.52. The molecule has 0 radical (unpaired) electrons. The Hall–Kier alpha value is -0.670. The van der Waals surface area contributed by atoms with Gasteiger partial charge in [-0.2, -0.15) is 0 Å². The van der Waals surface area contributed by atoms with Gasteiger partial charge in [-0.05, 0) is 13.5 Å². The summed E-state index contributed by atoms with van der Waals surface area (Å²) in [5, 5.41) is 0.0105. The monoisotopic (exact) mass is 349 g/mol. The van der Waals surface area contributed by atoms with E-state index >= 15 is 0 Å². The smallest absolute Gasteiger partial charge is 0.261 e. The van der Waals surface area contributed by atoms with Gasteiger partial charge in [0.1, 0.15) is 5.15 Å². The van der Waals surface area contributed by atoms with Crippen LogP contribution in [0.15, 0.2) is 11.4 Å². The molecule has 22 heavy (non-hydrogen) atoms. The number of rotatable bonds is 6. The molecule has 1 atom stereocenters. The van der Waals surface area contributed by atoms with Gasteiger partial charge in [-0.3, -0.25) is 4.90 Å². The second-order valence-electron chi connectivity index (χ2n) is 5.62. The van der Waals surface area contributed by atoms with Gasteiger partial charge in [0.2, 0.25) is 5.03 Å². The summed E-state index contributed by atoms with van der Waals surface area (Å²) >= 11 is 5.95. The lowest BCUT2D eigenvalue weighted by molar-refractivity contribution is 0.107. The quantitative estimate of drug-likeness (QED) is 0.804. The first-order chi connectivity index (χ1) is 10.3. The first kappa shape index (κ1) is 17.7. The molecule has 1 aromatic heterocycles. The van der Waals surface area contributed by atoms with Gasteiger partial charge in [-0.1, -0.05) is 18.5 Å². The van der Waals surface area contributed by atoms with E-state index in [-0.39, 0.29) is 16.2 Å². The van der Waals surface area contributed by atoms with E-state index in [0.29, 0.717) is 6.54 Å². The van der Waals surface area contributed by atoms with Crippen LogP contribution in [-0.2, 0) is 17.1 Å². The summed E-state index contributed by atoms with van der Waals surface area (Å²) in [5.74, 6) is 0. The molecule has 0 amide bonds. The minimum atomic E-state index is -3.67. The number of imidazole rings is 1. The predicted molar refractivity (Wildman–Crippen MR) is 86.6 cm³/mol. The van der Waals surface area contributed by atoms with Crippen molar-refractivity contribution in [2.75, 3.05) is 39.3 Å². The van der Waals surface area contributed by atoms with Crippen molar-refractivity contribution in [3.05, 3.63) is 11.5 Å². The Labute approximate surface area is 137 Å².